The summed E-state index contributed by atoms with van der Waals surface area (Å²) in [6, 6.07) is 23.2. The Morgan fingerprint density at radius 2 is 1.75 bits per heavy atom. The van der Waals surface area contributed by atoms with E-state index in [-0.39, 0.29) is 17.9 Å². The van der Waals surface area contributed by atoms with E-state index in [9.17, 15) is 9.90 Å². The Kier molecular flexibility index (Phi) is 8.26. The molecule has 0 amide bonds. The number of benzene rings is 3. The summed E-state index contributed by atoms with van der Waals surface area (Å²) in [5.74, 6) is 0.819. The van der Waals surface area contributed by atoms with E-state index in [2.05, 4.69) is 15.6 Å². The molecule has 0 bridgehead atoms. The predicted octanol–water partition coefficient (Wildman–Crippen LogP) is 7.23. The van der Waals surface area contributed by atoms with Crippen LogP contribution < -0.4 is 9.47 Å². The van der Waals surface area contributed by atoms with Crippen molar-refractivity contribution in [3.8, 4) is 11.5 Å². The Morgan fingerprint density at radius 3 is 2.48 bits per heavy atom. The molecule has 1 aliphatic heterocycles. The molecular formula is C32H30N2O5S. The van der Waals surface area contributed by atoms with E-state index in [1.54, 1.807) is 14.0 Å². The zero-order valence-electron chi connectivity index (χ0n) is 22.6. The van der Waals surface area contributed by atoms with Crippen molar-refractivity contribution in [3.05, 3.63) is 106 Å². The fraction of sp³-hybridized carbons (Fsp3) is 0.188. The number of aliphatic imine (C=N–C) groups is 1. The Labute approximate surface area is 237 Å². The van der Waals surface area contributed by atoms with Crippen LogP contribution in [0.1, 0.15) is 18.1 Å². The second-order valence-electron chi connectivity index (χ2n) is 9.13. The standard InChI is InChI=1S/C32H30N2O5S/c1-4-38-32(36)29-30(35)28(40-31(29)33-23-11-9-21(2)10-12-23)19-22-20-34(27-8-6-5-7-26(22)27)17-18-39-25-15-13-24(37-3)14-16-25/h5-16,19-20,35H,4,17-18H2,1-3H3/b28-19-,33-31?. The molecular weight excluding hydrogens is 524 g/mol. The first-order valence-corrected chi connectivity index (χ1v) is 13.8. The molecule has 0 atom stereocenters. The molecule has 3 aromatic carbocycles. The Bertz CT molecular complexity index is 1620. The van der Waals surface area contributed by atoms with Crippen LogP contribution in [-0.2, 0) is 16.1 Å². The molecule has 40 heavy (non-hydrogen) atoms. The van der Waals surface area contributed by atoms with Crippen LogP contribution in [0, 0.1) is 6.92 Å². The number of carbonyl (C=O) groups is 1. The molecule has 0 saturated heterocycles. The number of aryl methyl sites for hydroxylation is 1. The molecule has 8 heteroatoms. The van der Waals surface area contributed by atoms with E-state index in [1.807, 2.05) is 85.9 Å². The number of carbonyl (C=O) groups excluding carboxylic acids is 1. The molecule has 7 nitrogen and oxygen atoms in total. The van der Waals surface area contributed by atoms with Gasteiger partial charge in [-0.05, 0) is 62.4 Å². The number of para-hydroxylation sites is 1. The second kappa shape index (κ2) is 12.2. The van der Waals surface area contributed by atoms with Gasteiger partial charge >= 0.3 is 5.97 Å². The molecule has 0 spiro atoms. The van der Waals surface area contributed by atoms with Crippen molar-refractivity contribution in [2.75, 3.05) is 20.3 Å². The second-order valence-corrected chi connectivity index (χ2v) is 10.2. The van der Waals surface area contributed by atoms with Gasteiger partial charge in [-0.15, -0.1) is 0 Å². The van der Waals surface area contributed by atoms with Gasteiger partial charge in [0.1, 0.15) is 34.5 Å². The topological polar surface area (TPSA) is 82.3 Å². The van der Waals surface area contributed by atoms with Gasteiger partial charge in [0.15, 0.2) is 0 Å². The van der Waals surface area contributed by atoms with Gasteiger partial charge in [0.05, 0.1) is 30.9 Å². The van der Waals surface area contributed by atoms with E-state index in [4.69, 9.17) is 14.2 Å². The predicted molar refractivity (Wildman–Crippen MR) is 161 cm³/mol. The number of esters is 1. The lowest BCUT2D eigenvalue weighted by molar-refractivity contribution is -0.138. The average Bonchev–Trinajstić information content (AvgIpc) is 3.47. The average molecular weight is 555 g/mol. The van der Waals surface area contributed by atoms with Crippen molar-refractivity contribution in [1.29, 1.82) is 0 Å². The molecule has 1 N–H and O–H groups in total. The van der Waals surface area contributed by atoms with Gasteiger partial charge in [0.2, 0.25) is 0 Å². The van der Waals surface area contributed by atoms with Crippen molar-refractivity contribution in [3.63, 3.8) is 0 Å². The third-order valence-corrected chi connectivity index (χ3v) is 7.42. The number of nitrogens with zero attached hydrogens (tertiary/aromatic N) is 2. The Hall–Kier alpha value is -4.43. The lowest BCUT2D eigenvalue weighted by Gasteiger charge is -2.09. The van der Waals surface area contributed by atoms with Crippen molar-refractivity contribution in [2.45, 2.75) is 20.4 Å². The van der Waals surface area contributed by atoms with Crippen molar-refractivity contribution in [1.82, 2.24) is 4.57 Å². The maximum atomic E-state index is 12.8. The van der Waals surface area contributed by atoms with Crippen LogP contribution in [0.25, 0.3) is 17.0 Å². The minimum Gasteiger partial charge on any atom is -0.506 e. The van der Waals surface area contributed by atoms with Gasteiger partial charge in [-0.1, -0.05) is 47.7 Å². The molecule has 0 aliphatic carbocycles. The highest BCUT2D eigenvalue weighted by molar-refractivity contribution is 8.18. The molecule has 0 saturated carbocycles. The third kappa shape index (κ3) is 5.92. The fourth-order valence-electron chi connectivity index (χ4n) is 4.38. The highest BCUT2D eigenvalue weighted by Crippen LogP contribution is 2.41. The van der Waals surface area contributed by atoms with Crippen LogP contribution in [0.3, 0.4) is 0 Å². The first-order valence-electron chi connectivity index (χ1n) is 13.0. The number of aliphatic hydroxyl groups excluding tert-OH is 1. The van der Waals surface area contributed by atoms with Crippen LogP contribution in [0.4, 0.5) is 5.69 Å². The summed E-state index contributed by atoms with van der Waals surface area (Å²) in [5, 5.41) is 12.6. The van der Waals surface area contributed by atoms with E-state index < -0.39 is 5.97 Å². The minimum absolute atomic E-state index is 0.0790. The van der Waals surface area contributed by atoms with Gasteiger partial charge in [0.25, 0.3) is 0 Å². The SMILES string of the molecule is CCOC(=O)C1=C(O)/C(=C/c2cn(CCOc3ccc(OC)cc3)c3ccccc23)SC1=Nc1ccc(C)cc1. The summed E-state index contributed by atoms with van der Waals surface area (Å²) < 4.78 is 18.5. The van der Waals surface area contributed by atoms with Crippen LogP contribution >= 0.6 is 11.8 Å². The molecule has 4 aromatic rings. The molecule has 1 aliphatic rings. The smallest absolute Gasteiger partial charge is 0.344 e. The highest BCUT2D eigenvalue weighted by atomic mass is 32.2. The molecule has 0 unspecified atom stereocenters. The first kappa shape index (κ1) is 27.1. The number of fused-ring (bicyclic) bond motifs is 1. The van der Waals surface area contributed by atoms with Gasteiger partial charge in [-0.2, -0.15) is 0 Å². The number of thioether (sulfide) groups is 1. The Morgan fingerprint density at radius 1 is 1.02 bits per heavy atom. The zero-order valence-corrected chi connectivity index (χ0v) is 23.4. The molecule has 0 fully saturated rings. The lowest BCUT2D eigenvalue weighted by atomic mass is 10.1. The van der Waals surface area contributed by atoms with E-state index in [1.165, 1.54) is 11.8 Å². The van der Waals surface area contributed by atoms with E-state index in [0.29, 0.717) is 28.8 Å². The fourth-order valence-corrected chi connectivity index (χ4v) is 5.40. The number of rotatable bonds is 9. The summed E-state index contributed by atoms with van der Waals surface area (Å²) >= 11 is 1.25. The van der Waals surface area contributed by atoms with Crippen molar-refractivity contribution < 1.29 is 24.1 Å². The van der Waals surface area contributed by atoms with E-state index in [0.717, 1.165) is 33.5 Å². The molecule has 5 rings (SSSR count). The summed E-state index contributed by atoms with van der Waals surface area (Å²) in [5.41, 5.74) is 3.83. The van der Waals surface area contributed by atoms with Crippen LogP contribution in [0.2, 0.25) is 0 Å². The summed E-state index contributed by atoms with van der Waals surface area (Å²) in [7, 11) is 1.63. The van der Waals surface area contributed by atoms with Crippen LogP contribution in [0.15, 0.2) is 100 Å². The first-order chi connectivity index (χ1) is 19.5. The van der Waals surface area contributed by atoms with Gasteiger partial charge < -0.3 is 23.9 Å². The quantitative estimate of drug-likeness (QED) is 0.220. The van der Waals surface area contributed by atoms with Crippen LogP contribution in [0.5, 0.6) is 11.5 Å². The summed E-state index contributed by atoms with van der Waals surface area (Å²) in [6.45, 7) is 5.03. The number of methoxy groups -OCH3 is 1. The number of ether oxygens (including phenoxy) is 3. The van der Waals surface area contributed by atoms with Crippen molar-refractivity contribution >= 4 is 45.4 Å². The number of aromatic nitrogens is 1. The number of aliphatic hydroxyl groups is 1. The highest BCUT2D eigenvalue weighted by Gasteiger charge is 2.33. The molecule has 204 valence electrons. The third-order valence-electron chi connectivity index (χ3n) is 6.40. The van der Waals surface area contributed by atoms with Gasteiger partial charge in [-0.25, -0.2) is 9.79 Å². The van der Waals surface area contributed by atoms with Crippen LogP contribution in [-0.4, -0.2) is 41.0 Å². The summed E-state index contributed by atoms with van der Waals surface area (Å²) in [6.07, 6.45) is 3.92. The van der Waals surface area contributed by atoms with E-state index >= 15 is 0 Å². The maximum absolute atomic E-state index is 12.8. The maximum Gasteiger partial charge on any atom is 0.344 e. The lowest BCUT2D eigenvalue weighted by Crippen LogP contribution is -2.12. The molecule has 2 heterocycles. The minimum atomic E-state index is -0.597. The monoisotopic (exact) mass is 554 g/mol. The molecule has 0 radical (unpaired) electrons. The number of hydrogen-bond donors (Lipinski definition) is 1. The van der Waals surface area contributed by atoms with Gasteiger partial charge in [-0.3, -0.25) is 0 Å². The zero-order chi connectivity index (χ0) is 28.1. The molecule has 1 aromatic heterocycles. The summed E-state index contributed by atoms with van der Waals surface area (Å²) in [4.78, 5) is 18.0. The Balaban J connectivity index is 1.44. The van der Waals surface area contributed by atoms with Gasteiger partial charge in [0, 0.05) is 22.7 Å². The normalized spacial score (nSPS) is 15.3. The largest absolute Gasteiger partial charge is 0.506 e. The van der Waals surface area contributed by atoms with Crippen molar-refractivity contribution in [2.24, 2.45) is 4.99 Å². The number of hydrogen-bond acceptors (Lipinski definition) is 7.